The first kappa shape index (κ1) is 31.1. The first-order valence-corrected chi connectivity index (χ1v) is 17.2. The maximum atomic E-state index is 11.1. The molecule has 5 heteroatoms. The minimum absolute atomic E-state index is 0.0848. The zero-order valence-corrected chi connectivity index (χ0v) is 24.9. The van der Waals surface area contributed by atoms with Crippen molar-refractivity contribution in [2.45, 2.75) is 141 Å². The van der Waals surface area contributed by atoms with Gasteiger partial charge in [0.2, 0.25) is 0 Å². The lowest BCUT2D eigenvalue weighted by Crippen LogP contribution is -2.47. The summed E-state index contributed by atoms with van der Waals surface area (Å²) in [5, 5.41) is 11.1. The highest BCUT2D eigenvalue weighted by Gasteiger charge is 2.40. The predicted molar refractivity (Wildman–Crippen MR) is 152 cm³/mol. The van der Waals surface area contributed by atoms with Gasteiger partial charge < -0.3 is 19.0 Å². The predicted octanol–water partition coefficient (Wildman–Crippen LogP) is 8.17. The van der Waals surface area contributed by atoms with Crippen LogP contribution in [0, 0.1) is 11.8 Å². The van der Waals surface area contributed by atoms with Gasteiger partial charge in [-0.1, -0.05) is 134 Å². The Balaban J connectivity index is 1.85. The van der Waals surface area contributed by atoms with Gasteiger partial charge in [-0.2, -0.15) is 0 Å². The third-order valence-corrected chi connectivity index (χ3v) is 12.1. The fraction of sp³-hybridized carbons (Fsp3) is 0.742. The number of rotatable bonds is 15. The second-order valence-corrected chi connectivity index (χ2v) is 16.6. The van der Waals surface area contributed by atoms with Crippen LogP contribution in [0.4, 0.5) is 0 Å². The van der Waals surface area contributed by atoms with Crippen LogP contribution >= 0.6 is 0 Å². The zero-order valence-electron chi connectivity index (χ0n) is 23.9. The molecule has 1 saturated heterocycles. The van der Waals surface area contributed by atoms with E-state index in [0.29, 0.717) is 6.61 Å². The van der Waals surface area contributed by atoms with Crippen LogP contribution in [0.5, 0.6) is 0 Å². The molecule has 0 aromatic heterocycles. The molecule has 1 N–H and O–H groups in total. The Bertz CT molecular complexity index is 777. The Kier molecular flexibility index (Phi) is 13.8. The monoisotopic (exact) mass is 516 g/mol. The lowest BCUT2D eigenvalue weighted by atomic mass is 10.0. The molecule has 0 amide bonds. The summed E-state index contributed by atoms with van der Waals surface area (Å²) in [7, 11) is -2.03. The van der Waals surface area contributed by atoms with Crippen LogP contribution < -0.4 is 0 Å². The van der Waals surface area contributed by atoms with Crippen LogP contribution in [0.25, 0.3) is 0 Å². The molecule has 0 radical (unpaired) electrons. The van der Waals surface area contributed by atoms with Gasteiger partial charge in [-0.05, 0) is 24.6 Å². The first-order chi connectivity index (χ1) is 17.1. The van der Waals surface area contributed by atoms with E-state index in [4.69, 9.17) is 13.9 Å². The van der Waals surface area contributed by atoms with E-state index < -0.39 is 20.7 Å². The summed E-state index contributed by atoms with van der Waals surface area (Å²) in [5.41, 5.74) is 0.988. The van der Waals surface area contributed by atoms with Crippen molar-refractivity contribution in [3.63, 3.8) is 0 Å². The maximum Gasteiger partial charge on any atom is 0.192 e. The lowest BCUT2D eigenvalue weighted by molar-refractivity contribution is -0.0522. The minimum Gasteiger partial charge on any atom is -0.410 e. The van der Waals surface area contributed by atoms with Crippen molar-refractivity contribution in [2.75, 3.05) is 6.61 Å². The van der Waals surface area contributed by atoms with E-state index in [-0.39, 0.29) is 17.2 Å². The maximum absolute atomic E-state index is 11.1. The molecule has 0 bridgehead atoms. The van der Waals surface area contributed by atoms with Crippen molar-refractivity contribution in [1.82, 2.24) is 0 Å². The number of benzene rings is 1. The average molecular weight is 517 g/mol. The quantitative estimate of drug-likeness (QED) is 0.145. The Labute approximate surface area is 222 Å². The summed E-state index contributed by atoms with van der Waals surface area (Å²) in [5.74, 6) is 6.17. The summed E-state index contributed by atoms with van der Waals surface area (Å²) >= 11 is 0. The molecule has 1 aromatic rings. The lowest BCUT2D eigenvalue weighted by Gasteiger charge is -2.40. The van der Waals surface area contributed by atoms with Crippen molar-refractivity contribution in [3.8, 4) is 11.8 Å². The highest BCUT2D eigenvalue weighted by molar-refractivity contribution is 6.74. The van der Waals surface area contributed by atoms with Gasteiger partial charge in [-0.3, -0.25) is 0 Å². The molecular formula is C31H52O4Si. The van der Waals surface area contributed by atoms with Gasteiger partial charge >= 0.3 is 0 Å². The minimum atomic E-state index is -2.03. The molecule has 4 nitrogen and oxygen atoms in total. The van der Waals surface area contributed by atoms with E-state index in [1.807, 2.05) is 30.3 Å². The summed E-state index contributed by atoms with van der Waals surface area (Å²) in [6, 6.07) is 9.90. The normalized spacial score (nSPS) is 20.1. The van der Waals surface area contributed by atoms with E-state index in [2.05, 4.69) is 52.6 Å². The van der Waals surface area contributed by atoms with Crippen LogP contribution in [0.1, 0.15) is 110 Å². The smallest absolute Gasteiger partial charge is 0.192 e. The van der Waals surface area contributed by atoms with Crippen molar-refractivity contribution >= 4 is 8.32 Å². The molecule has 1 aliphatic heterocycles. The fourth-order valence-electron chi connectivity index (χ4n) is 4.20. The number of hydrogen-bond acceptors (Lipinski definition) is 4. The molecule has 0 spiro atoms. The van der Waals surface area contributed by atoms with E-state index in [9.17, 15) is 5.11 Å². The molecule has 36 heavy (non-hydrogen) atoms. The summed E-state index contributed by atoms with van der Waals surface area (Å²) < 4.78 is 18.4. The van der Waals surface area contributed by atoms with Crippen LogP contribution in [0.15, 0.2) is 30.3 Å². The second kappa shape index (κ2) is 15.9. The van der Waals surface area contributed by atoms with Gasteiger partial charge in [0.25, 0.3) is 0 Å². The SMILES string of the molecule is CCCCCCCCCCCC[C@@H](O[Si](C)(C)C(C)(C)C)[C@H](O)C#C[C@H]1COC(c2ccccc2)O1. The molecule has 0 saturated carbocycles. The van der Waals surface area contributed by atoms with Gasteiger partial charge in [-0.25, -0.2) is 0 Å². The van der Waals surface area contributed by atoms with Crippen molar-refractivity contribution < 1.29 is 19.0 Å². The van der Waals surface area contributed by atoms with Crippen molar-refractivity contribution in [3.05, 3.63) is 35.9 Å². The Morgan fingerprint density at radius 2 is 1.56 bits per heavy atom. The largest absolute Gasteiger partial charge is 0.410 e. The molecule has 4 atom stereocenters. The number of aliphatic hydroxyl groups is 1. The van der Waals surface area contributed by atoms with E-state index in [1.165, 1.54) is 57.8 Å². The molecule has 0 aliphatic carbocycles. The van der Waals surface area contributed by atoms with Gasteiger partial charge in [0.1, 0.15) is 12.2 Å². The summed E-state index contributed by atoms with van der Waals surface area (Å²) in [6.07, 6.45) is 12.0. The van der Waals surface area contributed by atoms with Gasteiger partial charge in [-0.15, -0.1) is 0 Å². The van der Waals surface area contributed by atoms with Gasteiger partial charge in [0.05, 0.1) is 12.7 Å². The molecule has 1 aliphatic rings. The Morgan fingerprint density at radius 3 is 2.14 bits per heavy atom. The number of ether oxygens (including phenoxy) is 2. The van der Waals surface area contributed by atoms with Gasteiger partial charge in [0, 0.05) is 5.56 Å². The fourth-order valence-corrected chi connectivity index (χ4v) is 5.56. The molecule has 1 aromatic carbocycles. The highest BCUT2D eigenvalue weighted by Crippen LogP contribution is 2.38. The Morgan fingerprint density at radius 1 is 0.972 bits per heavy atom. The van der Waals surface area contributed by atoms with Gasteiger partial charge in [0.15, 0.2) is 14.6 Å². The summed E-state index contributed by atoms with van der Waals surface area (Å²) in [6.45, 7) is 13.9. The molecule has 1 unspecified atom stereocenters. The Hall–Kier alpha value is -1.16. The molecule has 204 valence electrons. The molecular weight excluding hydrogens is 464 g/mol. The number of hydrogen-bond donors (Lipinski definition) is 1. The number of unbranched alkanes of at least 4 members (excludes halogenated alkanes) is 9. The van der Waals surface area contributed by atoms with E-state index in [0.717, 1.165) is 18.4 Å². The third kappa shape index (κ3) is 11.1. The first-order valence-electron chi connectivity index (χ1n) is 14.3. The van der Waals surface area contributed by atoms with E-state index >= 15 is 0 Å². The van der Waals surface area contributed by atoms with Crippen molar-refractivity contribution in [2.24, 2.45) is 0 Å². The molecule has 2 rings (SSSR count). The molecule has 1 heterocycles. The standard InChI is InChI=1S/C31H52O4Si/c1-7-8-9-10-11-12-13-14-15-19-22-29(35-36(5,6)31(2,3)4)28(32)24-23-27-25-33-30(34-27)26-20-17-16-18-21-26/h16-18,20-21,27-30,32H,7-15,19,22,25H2,1-6H3/t27-,28+,29+,30?/m0/s1. The number of aliphatic hydroxyl groups excluding tert-OH is 1. The van der Waals surface area contributed by atoms with Crippen LogP contribution in [-0.4, -0.2) is 38.3 Å². The van der Waals surface area contributed by atoms with E-state index in [1.54, 1.807) is 0 Å². The molecule has 1 fully saturated rings. The van der Waals surface area contributed by atoms with Crippen LogP contribution in [-0.2, 0) is 13.9 Å². The second-order valence-electron chi connectivity index (χ2n) is 11.8. The third-order valence-electron chi connectivity index (χ3n) is 7.60. The summed E-state index contributed by atoms with van der Waals surface area (Å²) in [4.78, 5) is 0. The zero-order chi connectivity index (χ0) is 26.4. The van der Waals surface area contributed by atoms with Crippen LogP contribution in [0.3, 0.4) is 0 Å². The van der Waals surface area contributed by atoms with Crippen molar-refractivity contribution in [1.29, 1.82) is 0 Å². The van der Waals surface area contributed by atoms with Crippen LogP contribution in [0.2, 0.25) is 18.1 Å². The average Bonchev–Trinajstić information content (AvgIpc) is 3.32. The highest BCUT2D eigenvalue weighted by atomic mass is 28.4. The topological polar surface area (TPSA) is 47.9 Å².